The van der Waals surface area contributed by atoms with Crippen molar-refractivity contribution in [3.63, 3.8) is 0 Å². The maximum absolute atomic E-state index is 6.01. The number of fused-ring (bicyclic) bond motifs is 2. The van der Waals surface area contributed by atoms with Gasteiger partial charge in [0.15, 0.2) is 0 Å². The van der Waals surface area contributed by atoms with E-state index >= 15 is 0 Å². The minimum Gasteiger partial charge on any atom is -0.123 e. The number of hydrogen-bond donors (Lipinski definition) is 0. The Morgan fingerprint density at radius 1 is 1.12 bits per heavy atom. The van der Waals surface area contributed by atoms with Gasteiger partial charge in [0.05, 0.1) is 0 Å². The van der Waals surface area contributed by atoms with Gasteiger partial charge in [0, 0.05) is 5.38 Å². The maximum Gasteiger partial charge on any atom is 0.0367 e. The first-order chi connectivity index (χ1) is 3.86. The first-order valence-electron chi connectivity index (χ1n) is 3.50. The molecule has 0 nitrogen and oxygen atoms in total. The summed E-state index contributed by atoms with van der Waals surface area (Å²) < 4.78 is 0. The molecular formula is C7H11Cl. The molecule has 8 heavy (non-hydrogen) atoms. The summed E-state index contributed by atoms with van der Waals surface area (Å²) in [6, 6.07) is 0. The molecule has 0 spiro atoms. The standard InChI is InChI=1S/C7H11Cl/c8-7-4-5-1-2-6(7)3-5/h5-7H,1-4H2/t5-,6-,7-/m0/s1. The molecular weight excluding hydrogens is 120 g/mol. The molecule has 3 atom stereocenters. The van der Waals surface area contributed by atoms with Crippen LogP contribution in [0.3, 0.4) is 0 Å². The molecule has 0 aliphatic heterocycles. The molecule has 0 N–H and O–H groups in total. The zero-order valence-electron chi connectivity index (χ0n) is 4.94. The van der Waals surface area contributed by atoms with Gasteiger partial charge in [0.2, 0.25) is 0 Å². The number of rotatable bonds is 0. The molecule has 2 bridgehead atoms. The van der Waals surface area contributed by atoms with Crippen LogP contribution in [0.15, 0.2) is 0 Å². The van der Waals surface area contributed by atoms with Gasteiger partial charge in [-0.05, 0) is 31.1 Å². The highest BCUT2D eigenvalue weighted by Gasteiger charge is 2.38. The van der Waals surface area contributed by atoms with Gasteiger partial charge in [0.1, 0.15) is 0 Å². The van der Waals surface area contributed by atoms with E-state index in [1.807, 2.05) is 0 Å². The van der Waals surface area contributed by atoms with Crippen LogP contribution in [-0.4, -0.2) is 5.38 Å². The average molecular weight is 131 g/mol. The van der Waals surface area contributed by atoms with Crippen LogP contribution in [0.1, 0.15) is 25.7 Å². The Hall–Kier alpha value is 0.290. The topological polar surface area (TPSA) is 0 Å². The van der Waals surface area contributed by atoms with Crippen molar-refractivity contribution in [3.05, 3.63) is 0 Å². The third-order valence-corrected chi connectivity index (χ3v) is 3.19. The van der Waals surface area contributed by atoms with Crippen LogP contribution in [0.5, 0.6) is 0 Å². The highest BCUT2D eigenvalue weighted by Crippen LogP contribution is 2.46. The van der Waals surface area contributed by atoms with E-state index in [0.717, 1.165) is 11.8 Å². The van der Waals surface area contributed by atoms with Gasteiger partial charge < -0.3 is 0 Å². The fourth-order valence-electron chi connectivity index (χ4n) is 2.17. The first-order valence-corrected chi connectivity index (χ1v) is 3.94. The van der Waals surface area contributed by atoms with E-state index in [2.05, 4.69) is 0 Å². The number of hydrogen-bond acceptors (Lipinski definition) is 0. The molecule has 2 rings (SSSR count). The van der Waals surface area contributed by atoms with E-state index in [-0.39, 0.29) is 0 Å². The molecule has 46 valence electrons. The Morgan fingerprint density at radius 3 is 2.25 bits per heavy atom. The largest absolute Gasteiger partial charge is 0.123 e. The van der Waals surface area contributed by atoms with Crippen molar-refractivity contribution in [2.24, 2.45) is 11.8 Å². The lowest BCUT2D eigenvalue weighted by Crippen LogP contribution is -2.08. The van der Waals surface area contributed by atoms with Crippen molar-refractivity contribution in [2.45, 2.75) is 31.1 Å². The Labute approximate surface area is 55.2 Å². The molecule has 2 aliphatic rings. The first kappa shape index (κ1) is 5.10. The third-order valence-electron chi connectivity index (χ3n) is 2.65. The van der Waals surface area contributed by atoms with Crippen LogP contribution >= 0.6 is 11.6 Å². The summed E-state index contributed by atoms with van der Waals surface area (Å²) >= 11 is 6.01. The molecule has 1 heteroatoms. The second kappa shape index (κ2) is 1.63. The van der Waals surface area contributed by atoms with Crippen molar-refractivity contribution in [2.75, 3.05) is 0 Å². The molecule has 0 amide bonds. The molecule has 0 aromatic carbocycles. The molecule has 0 aromatic heterocycles. The van der Waals surface area contributed by atoms with Crippen molar-refractivity contribution in [1.82, 2.24) is 0 Å². The van der Waals surface area contributed by atoms with Crippen molar-refractivity contribution >= 4 is 11.6 Å². The Kier molecular flexibility index (Phi) is 1.04. The van der Waals surface area contributed by atoms with E-state index in [1.54, 1.807) is 0 Å². The van der Waals surface area contributed by atoms with Crippen molar-refractivity contribution in [3.8, 4) is 0 Å². The molecule has 0 heterocycles. The highest BCUT2D eigenvalue weighted by molar-refractivity contribution is 6.21. The van der Waals surface area contributed by atoms with Gasteiger partial charge in [0.25, 0.3) is 0 Å². The minimum absolute atomic E-state index is 0.550. The monoisotopic (exact) mass is 130 g/mol. The summed E-state index contributed by atoms with van der Waals surface area (Å²) in [4.78, 5) is 0. The summed E-state index contributed by atoms with van der Waals surface area (Å²) in [6.07, 6.45) is 5.63. The zero-order chi connectivity index (χ0) is 5.56. The van der Waals surface area contributed by atoms with E-state index < -0.39 is 0 Å². The molecule has 2 fully saturated rings. The lowest BCUT2D eigenvalue weighted by Gasteiger charge is -2.13. The second-order valence-electron chi connectivity index (χ2n) is 3.19. The van der Waals surface area contributed by atoms with Crippen molar-refractivity contribution in [1.29, 1.82) is 0 Å². The molecule has 0 unspecified atom stereocenters. The van der Waals surface area contributed by atoms with Crippen LogP contribution < -0.4 is 0 Å². The van der Waals surface area contributed by atoms with E-state index in [9.17, 15) is 0 Å². The van der Waals surface area contributed by atoms with Gasteiger partial charge in [-0.25, -0.2) is 0 Å². The van der Waals surface area contributed by atoms with Crippen LogP contribution in [0.25, 0.3) is 0 Å². The predicted octanol–water partition coefficient (Wildman–Crippen LogP) is 2.41. The zero-order valence-corrected chi connectivity index (χ0v) is 5.69. The molecule has 0 radical (unpaired) electrons. The Morgan fingerprint density at radius 2 is 2.00 bits per heavy atom. The van der Waals surface area contributed by atoms with E-state index in [4.69, 9.17) is 11.6 Å². The highest BCUT2D eigenvalue weighted by atomic mass is 35.5. The summed E-state index contributed by atoms with van der Waals surface area (Å²) in [6.45, 7) is 0. The predicted molar refractivity (Wildman–Crippen MR) is 35.1 cm³/mol. The SMILES string of the molecule is Cl[C@H]1C[C@H]2CC[C@H]1C2. The molecule has 0 aromatic rings. The van der Waals surface area contributed by atoms with Gasteiger partial charge in [-0.15, -0.1) is 11.6 Å². The van der Waals surface area contributed by atoms with Crippen LogP contribution in [-0.2, 0) is 0 Å². The number of halogens is 1. The summed E-state index contributed by atoms with van der Waals surface area (Å²) in [7, 11) is 0. The average Bonchev–Trinajstić information content (AvgIpc) is 2.23. The Balaban J connectivity index is 2.11. The van der Waals surface area contributed by atoms with Crippen LogP contribution in [0.4, 0.5) is 0 Å². The maximum atomic E-state index is 6.01. The van der Waals surface area contributed by atoms with Gasteiger partial charge >= 0.3 is 0 Å². The number of alkyl halides is 1. The van der Waals surface area contributed by atoms with Gasteiger partial charge in [-0.2, -0.15) is 0 Å². The summed E-state index contributed by atoms with van der Waals surface area (Å²) in [5, 5.41) is 0.550. The lowest BCUT2D eigenvalue weighted by atomic mass is 10.0. The van der Waals surface area contributed by atoms with E-state index in [1.165, 1.54) is 25.7 Å². The van der Waals surface area contributed by atoms with Crippen LogP contribution in [0.2, 0.25) is 0 Å². The quantitative estimate of drug-likeness (QED) is 0.442. The lowest BCUT2D eigenvalue weighted by molar-refractivity contribution is 0.487. The fraction of sp³-hybridized carbons (Fsp3) is 1.00. The van der Waals surface area contributed by atoms with Gasteiger partial charge in [-0.1, -0.05) is 6.42 Å². The van der Waals surface area contributed by atoms with E-state index in [0.29, 0.717) is 5.38 Å². The molecule has 2 saturated carbocycles. The Bertz CT molecular complexity index is 98.6. The third kappa shape index (κ3) is 0.589. The van der Waals surface area contributed by atoms with Crippen LogP contribution in [0, 0.1) is 11.8 Å². The second-order valence-corrected chi connectivity index (χ2v) is 3.75. The summed E-state index contributed by atoms with van der Waals surface area (Å²) in [5.41, 5.74) is 0. The smallest absolute Gasteiger partial charge is 0.0367 e. The summed E-state index contributed by atoms with van der Waals surface area (Å²) in [5.74, 6) is 1.92. The molecule has 0 saturated heterocycles. The molecule has 2 aliphatic carbocycles. The minimum atomic E-state index is 0.550. The van der Waals surface area contributed by atoms with Crippen molar-refractivity contribution < 1.29 is 0 Å². The van der Waals surface area contributed by atoms with Gasteiger partial charge in [-0.3, -0.25) is 0 Å². The normalized spacial score (nSPS) is 52.9. The fourth-order valence-corrected chi connectivity index (χ4v) is 2.65.